The van der Waals surface area contributed by atoms with Crippen LogP contribution in [-0.4, -0.2) is 69.1 Å². The fourth-order valence-electron chi connectivity index (χ4n) is 5.94. The molecule has 11 heteroatoms. The molecule has 0 fully saturated rings. The number of esters is 1. The second-order valence-electron chi connectivity index (χ2n) is 12.5. The summed E-state index contributed by atoms with van der Waals surface area (Å²) in [5, 5.41) is 15.0. The third kappa shape index (κ3) is 11.4. The summed E-state index contributed by atoms with van der Waals surface area (Å²) in [6.07, 6.45) is 0.421. The number of benzene rings is 3. The van der Waals surface area contributed by atoms with Crippen molar-refractivity contribution in [2.45, 2.75) is 58.2 Å². The van der Waals surface area contributed by atoms with Gasteiger partial charge in [-0.3, -0.25) is 0 Å². The van der Waals surface area contributed by atoms with E-state index in [0.717, 1.165) is 0 Å². The number of alkyl carbamates (subject to hydrolysis) is 2. The van der Waals surface area contributed by atoms with Crippen LogP contribution in [0.2, 0.25) is 0 Å². The number of aliphatic hydroxyl groups excluding tert-OH is 1. The molecule has 2 amide bonds. The summed E-state index contributed by atoms with van der Waals surface area (Å²) < 4.78 is 23.9. The quantitative estimate of drug-likeness (QED) is 0.0320. The third-order valence-corrected chi connectivity index (χ3v) is 11.1. The number of carbonyl (C=O) groups excluding carboxylic acids is 3. The Labute approximate surface area is 310 Å². The van der Waals surface area contributed by atoms with Crippen LogP contribution in [0.5, 0.6) is 0 Å². The van der Waals surface area contributed by atoms with Crippen molar-refractivity contribution in [3.05, 3.63) is 115 Å². The van der Waals surface area contributed by atoms with E-state index in [1.807, 2.05) is 0 Å². The molecular formula is C40H48IN2O8-. The van der Waals surface area contributed by atoms with E-state index in [1.165, 1.54) is 35.0 Å². The van der Waals surface area contributed by atoms with E-state index < -0.39 is 45.7 Å². The van der Waals surface area contributed by atoms with Gasteiger partial charge in [0.05, 0.1) is 0 Å². The molecule has 0 saturated heterocycles. The molecule has 274 valence electrons. The molecule has 0 aliphatic heterocycles. The van der Waals surface area contributed by atoms with E-state index in [2.05, 4.69) is 97.4 Å². The van der Waals surface area contributed by atoms with Crippen LogP contribution in [0.25, 0.3) is 11.1 Å². The van der Waals surface area contributed by atoms with Crippen molar-refractivity contribution in [1.29, 1.82) is 0 Å². The Balaban J connectivity index is 1.45. The number of rotatable bonds is 19. The number of hydrogen-bond acceptors (Lipinski definition) is 8. The molecule has 0 heterocycles. The number of aliphatic hydroxyl groups is 1. The van der Waals surface area contributed by atoms with E-state index in [4.69, 9.17) is 18.9 Å². The van der Waals surface area contributed by atoms with Gasteiger partial charge in [0.25, 0.3) is 0 Å². The molecule has 0 spiro atoms. The standard InChI is InChI=1S/C40H48IN2O8/c1-27(2)36(44)48-24-20-42-38(46)50-22-8-18-40(19-9-23-51-39(47)43-21-25-49-37(45)28(3)4)34-11-7-6-10-32(34)33-17-16-31(26-35(33)40)41-30-14-12-29(5)13-15-30/h6-7,10-17,26,36,44H,1,3,8-9,18-25H2,2,4-5H3,(H,42,46)(H,43,47)/q-1. The van der Waals surface area contributed by atoms with E-state index >= 15 is 0 Å². The summed E-state index contributed by atoms with van der Waals surface area (Å²) in [5.74, 6) is -0.507. The maximum absolute atomic E-state index is 12.4. The first-order chi connectivity index (χ1) is 24.5. The SMILES string of the molecule is C=C(C)C(=O)OCCNC(=O)OCCCC1(CCCOC(=O)NCCOC(O)C(=C)C)c2ccccc2-c2ccc([I-]c3ccc(C)cc3)cc21. The van der Waals surface area contributed by atoms with Crippen LogP contribution in [0, 0.1) is 14.1 Å². The fraction of sp³-hybridized carbons (Fsp3) is 0.375. The summed E-state index contributed by atoms with van der Waals surface area (Å²) >= 11 is -0.417. The minimum absolute atomic E-state index is 0.0248. The number of ether oxygens (including phenoxy) is 4. The van der Waals surface area contributed by atoms with Crippen molar-refractivity contribution >= 4 is 18.2 Å². The Hall–Kier alpha value is -4.20. The zero-order valence-corrected chi connectivity index (χ0v) is 31.8. The molecule has 1 aliphatic carbocycles. The summed E-state index contributed by atoms with van der Waals surface area (Å²) in [5.41, 5.74) is 6.47. The van der Waals surface area contributed by atoms with Gasteiger partial charge in [0.15, 0.2) is 6.29 Å². The first-order valence-electron chi connectivity index (χ1n) is 17.0. The zero-order chi connectivity index (χ0) is 36.8. The van der Waals surface area contributed by atoms with Gasteiger partial charge < -0.3 is 14.6 Å². The van der Waals surface area contributed by atoms with E-state index in [0.29, 0.717) is 36.8 Å². The van der Waals surface area contributed by atoms with Crippen LogP contribution < -0.4 is 31.8 Å². The second kappa shape index (κ2) is 19.4. The monoisotopic (exact) mass is 811 g/mol. The van der Waals surface area contributed by atoms with Gasteiger partial charge in [-0.1, -0.05) is 13.2 Å². The molecule has 0 aromatic heterocycles. The van der Waals surface area contributed by atoms with Crippen LogP contribution in [0.4, 0.5) is 9.59 Å². The number of halogens is 1. The van der Waals surface area contributed by atoms with Crippen molar-refractivity contribution in [1.82, 2.24) is 10.6 Å². The van der Waals surface area contributed by atoms with Gasteiger partial charge in [-0.15, -0.1) is 0 Å². The summed E-state index contributed by atoms with van der Waals surface area (Å²) in [6, 6.07) is 24.0. The third-order valence-electron chi connectivity index (χ3n) is 8.44. The van der Waals surface area contributed by atoms with Crippen LogP contribution in [0.1, 0.15) is 56.2 Å². The Morgan fingerprint density at radius 2 is 1.35 bits per heavy atom. The molecule has 3 N–H and O–H groups in total. The first-order valence-corrected chi connectivity index (χ1v) is 19.2. The van der Waals surface area contributed by atoms with Crippen molar-refractivity contribution in [2.24, 2.45) is 0 Å². The van der Waals surface area contributed by atoms with Crippen LogP contribution >= 0.6 is 0 Å². The number of hydrogen-bond donors (Lipinski definition) is 3. The molecule has 1 aliphatic rings. The maximum atomic E-state index is 12.4. The number of carbonyl (C=O) groups is 3. The molecule has 2 unspecified atom stereocenters. The Kier molecular flexibility index (Phi) is 15.1. The number of aryl methyl sites for hydroxylation is 1. The first kappa shape index (κ1) is 39.6. The molecule has 0 bridgehead atoms. The molecule has 0 saturated carbocycles. The van der Waals surface area contributed by atoms with Crippen molar-refractivity contribution in [2.75, 3.05) is 39.5 Å². The van der Waals surface area contributed by atoms with Crippen molar-refractivity contribution in [3.63, 3.8) is 0 Å². The number of fused-ring (bicyclic) bond motifs is 3. The molecule has 0 radical (unpaired) electrons. The summed E-state index contributed by atoms with van der Waals surface area (Å²) in [4.78, 5) is 36.4. The molecule has 3 aromatic rings. The molecule has 2 atom stereocenters. The van der Waals surface area contributed by atoms with E-state index in [9.17, 15) is 19.5 Å². The molecule has 4 rings (SSSR count). The van der Waals surface area contributed by atoms with Gasteiger partial charge in [0.1, 0.15) is 0 Å². The van der Waals surface area contributed by atoms with Crippen molar-refractivity contribution in [3.8, 4) is 11.1 Å². The van der Waals surface area contributed by atoms with Gasteiger partial charge >= 0.3 is 248 Å². The van der Waals surface area contributed by atoms with E-state index in [-0.39, 0.29) is 44.9 Å². The minimum atomic E-state index is -1.08. The predicted molar refractivity (Wildman–Crippen MR) is 191 cm³/mol. The number of amides is 2. The molecular weight excluding hydrogens is 763 g/mol. The Morgan fingerprint density at radius 3 is 1.98 bits per heavy atom. The van der Waals surface area contributed by atoms with E-state index in [1.54, 1.807) is 13.8 Å². The summed E-state index contributed by atoms with van der Waals surface area (Å²) in [6.45, 7) is 13.4. The fourth-order valence-corrected chi connectivity index (χ4v) is 8.20. The molecule has 3 aromatic carbocycles. The Morgan fingerprint density at radius 1 is 0.765 bits per heavy atom. The van der Waals surface area contributed by atoms with Crippen molar-refractivity contribution < 1.29 is 59.6 Å². The van der Waals surface area contributed by atoms with Crippen LogP contribution in [0.3, 0.4) is 0 Å². The van der Waals surface area contributed by atoms with Gasteiger partial charge in [0.2, 0.25) is 0 Å². The van der Waals surface area contributed by atoms with Crippen LogP contribution in [-0.2, 0) is 29.2 Å². The zero-order valence-electron chi connectivity index (χ0n) is 29.6. The normalized spacial score (nSPS) is 14.9. The average Bonchev–Trinajstić information content (AvgIpc) is 3.38. The van der Waals surface area contributed by atoms with Gasteiger partial charge in [-0.05, 0) is 19.4 Å². The summed E-state index contributed by atoms with van der Waals surface area (Å²) in [7, 11) is 0. The van der Waals surface area contributed by atoms with Gasteiger partial charge in [-0.2, -0.15) is 0 Å². The second-order valence-corrected chi connectivity index (χ2v) is 15.6. The predicted octanol–water partition coefficient (Wildman–Crippen LogP) is 3.43. The van der Waals surface area contributed by atoms with Gasteiger partial charge in [0, 0.05) is 5.57 Å². The topological polar surface area (TPSA) is 132 Å². The molecule has 10 nitrogen and oxygen atoms in total. The number of nitrogens with one attached hydrogen (secondary N) is 2. The average molecular weight is 812 g/mol. The van der Waals surface area contributed by atoms with Gasteiger partial charge in [-0.25, -0.2) is 4.79 Å². The Bertz CT molecular complexity index is 1690. The molecule has 51 heavy (non-hydrogen) atoms. The van der Waals surface area contributed by atoms with Crippen LogP contribution in [0.15, 0.2) is 91.0 Å².